The van der Waals surface area contributed by atoms with Crippen LogP contribution in [0.5, 0.6) is 0 Å². The van der Waals surface area contributed by atoms with Gasteiger partial charge in [0.2, 0.25) is 0 Å². The van der Waals surface area contributed by atoms with Gasteiger partial charge in [-0.25, -0.2) is 9.48 Å². The van der Waals surface area contributed by atoms with E-state index < -0.39 is 16.9 Å². The Labute approximate surface area is 104 Å². The van der Waals surface area contributed by atoms with Crippen LogP contribution in [0.2, 0.25) is 0 Å². The van der Waals surface area contributed by atoms with E-state index in [1.807, 2.05) is 0 Å². The van der Waals surface area contributed by atoms with Crippen LogP contribution < -0.4 is 0 Å². The van der Waals surface area contributed by atoms with Crippen LogP contribution >= 0.6 is 0 Å². The molecule has 0 aliphatic carbocycles. The SMILES string of the molecule is C=CC(C(=O)O)n1nc(CC)c([N+](=O)[O-])c1CC. The highest BCUT2D eigenvalue weighted by atomic mass is 16.6. The Hall–Kier alpha value is -2.18. The summed E-state index contributed by atoms with van der Waals surface area (Å²) in [4.78, 5) is 21.6. The van der Waals surface area contributed by atoms with E-state index in [-0.39, 0.29) is 5.69 Å². The molecule has 0 bridgehead atoms. The molecule has 0 saturated heterocycles. The van der Waals surface area contributed by atoms with Crippen molar-refractivity contribution >= 4 is 11.7 Å². The normalized spacial score (nSPS) is 12.1. The lowest BCUT2D eigenvalue weighted by Gasteiger charge is -2.10. The number of aromatic nitrogens is 2. The molecule has 0 aromatic carbocycles. The summed E-state index contributed by atoms with van der Waals surface area (Å²) in [5.74, 6) is -1.14. The van der Waals surface area contributed by atoms with E-state index in [1.165, 1.54) is 10.8 Å². The second-order valence-corrected chi connectivity index (χ2v) is 3.67. The second-order valence-electron chi connectivity index (χ2n) is 3.67. The molecule has 0 amide bonds. The highest BCUT2D eigenvalue weighted by Gasteiger charge is 2.30. The molecular weight excluding hydrogens is 238 g/mol. The number of carbonyl (C=O) groups is 1. The Bertz CT molecular complexity index is 493. The molecule has 1 aromatic rings. The van der Waals surface area contributed by atoms with Gasteiger partial charge in [0.1, 0.15) is 11.4 Å². The maximum atomic E-state index is 11.1. The van der Waals surface area contributed by atoms with Crippen molar-refractivity contribution in [3.8, 4) is 0 Å². The van der Waals surface area contributed by atoms with Crippen LogP contribution in [-0.4, -0.2) is 25.8 Å². The van der Waals surface area contributed by atoms with Gasteiger partial charge >= 0.3 is 11.7 Å². The number of aliphatic carboxylic acids is 1. The molecule has 7 nitrogen and oxygen atoms in total. The Morgan fingerprint density at radius 3 is 2.56 bits per heavy atom. The van der Waals surface area contributed by atoms with Crippen LogP contribution in [0.1, 0.15) is 31.3 Å². The molecular formula is C11H15N3O4. The van der Waals surface area contributed by atoms with Crippen molar-refractivity contribution in [3.63, 3.8) is 0 Å². The van der Waals surface area contributed by atoms with Gasteiger partial charge in [-0.15, -0.1) is 6.58 Å². The minimum Gasteiger partial charge on any atom is -0.479 e. The van der Waals surface area contributed by atoms with E-state index >= 15 is 0 Å². The summed E-state index contributed by atoms with van der Waals surface area (Å²) in [5, 5.41) is 24.1. The lowest BCUT2D eigenvalue weighted by atomic mass is 10.2. The third kappa shape index (κ3) is 2.24. The monoisotopic (exact) mass is 253 g/mol. The first-order valence-corrected chi connectivity index (χ1v) is 5.57. The van der Waals surface area contributed by atoms with Crippen molar-refractivity contribution < 1.29 is 14.8 Å². The molecule has 0 saturated carbocycles. The van der Waals surface area contributed by atoms with Crippen molar-refractivity contribution in [3.05, 3.63) is 34.2 Å². The van der Waals surface area contributed by atoms with Crippen molar-refractivity contribution in [2.24, 2.45) is 0 Å². The van der Waals surface area contributed by atoms with Gasteiger partial charge in [-0.3, -0.25) is 10.1 Å². The lowest BCUT2D eigenvalue weighted by molar-refractivity contribution is -0.386. The average molecular weight is 253 g/mol. The molecule has 1 unspecified atom stereocenters. The smallest absolute Gasteiger partial charge is 0.332 e. The summed E-state index contributed by atoms with van der Waals surface area (Å²) in [6.45, 7) is 6.90. The number of hydrogen-bond donors (Lipinski definition) is 1. The van der Waals surface area contributed by atoms with E-state index in [4.69, 9.17) is 5.11 Å². The van der Waals surface area contributed by atoms with Gasteiger partial charge in [0.05, 0.1) is 4.92 Å². The maximum absolute atomic E-state index is 11.1. The summed E-state index contributed by atoms with van der Waals surface area (Å²) in [7, 11) is 0. The van der Waals surface area contributed by atoms with Crippen LogP contribution in [0.15, 0.2) is 12.7 Å². The fraction of sp³-hybridized carbons (Fsp3) is 0.455. The van der Waals surface area contributed by atoms with E-state index in [1.54, 1.807) is 13.8 Å². The fourth-order valence-corrected chi connectivity index (χ4v) is 1.83. The van der Waals surface area contributed by atoms with E-state index in [0.29, 0.717) is 24.2 Å². The quantitative estimate of drug-likeness (QED) is 0.473. The zero-order valence-electron chi connectivity index (χ0n) is 10.3. The van der Waals surface area contributed by atoms with Crippen LogP contribution in [0.25, 0.3) is 0 Å². The molecule has 18 heavy (non-hydrogen) atoms. The first kappa shape index (κ1) is 13.9. The summed E-state index contributed by atoms with van der Waals surface area (Å²) in [5.41, 5.74) is 0.516. The standard InChI is InChI=1S/C11H15N3O4/c1-4-7-10(14(17)18)8(5-2)13(12-7)9(6-3)11(15)16/h6,9H,3-5H2,1-2H3,(H,15,16). The van der Waals surface area contributed by atoms with Gasteiger partial charge in [-0.2, -0.15) is 5.10 Å². The zero-order valence-corrected chi connectivity index (χ0v) is 10.3. The Kier molecular flexibility index (Phi) is 4.19. The summed E-state index contributed by atoms with van der Waals surface area (Å²) >= 11 is 0. The van der Waals surface area contributed by atoms with Crippen molar-refractivity contribution in [2.75, 3.05) is 0 Å². The molecule has 0 aliphatic rings. The van der Waals surface area contributed by atoms with Gasteiger partial charge < -0.3 is 5.11 Å². The van der Waals surface area contributed by atoms with Gasteiger partial charge in [0.15, 0.2) is 6.04 Å². The second kappa shape index (κ2) is 5.44. The largest absolute Gasteiger partial charge is 0.479 e. The Balaban J connectivity index is 3.49. The molecule has 0 spiro atoms. The number of nitro groups is 1. The average Bonchev–Trinajstić information content (AvgIpc) is 2.68. The summed E-state index contributed by atoms with van der Waals surface area (Å²) < 4.78 is 1.17. The van der Waals surface area contributed by atoms with Gasteiger partial charge in [0, 0.05) is 0 Å². The fourth-order valence-electron chi connectivity index (χ4n) is 1.83. The minimum absolute atomic E-state index is 0.0897. The number of hydrogen-bond acceptors (Lipinski definition) is 4. The first-order chi connectivity index (χ1) is 8.47. The third-order valence-corrected chi connectivity index (χ3v) is 2.64. The molecule has 98 valence electrons. The number of carboxylic acid groups (broad SMARTS) is 1. The topological polar surface area (TPSA) is 98.3 Å². The minimum atomic E-state index is -1.14. The summed E-state index contributed by atoms with van der Waals surface area (Å²) in [6, 6.07) is -1.08. The number of rotatable bonds is 6. The lowest BCUT2D eigenvalue weighted by Crippen LogP contribution is -2.20. The van der Waals surface area contributed by atoms with Crippen LogP contribution in [0.3, 0.4) is 0 Å². The summed E-state index contributed by atoms with van der Waals surface area (Å²) in [6.07, 6.45) is 1.92. The number of aryl methyl sites for hydroxylation is 1. The van der Waals surface area contributed by atoms with Gasteiger partial charge in [0.25, 0.3) is 0 Å². The molecule has 0 radical (unpaired) electrons. The third-order valence-electron chi connectivity index (χ3n) is 2.64. The predicted molar refractivity (Wildman–Crippen MR) is 64.5 cm³/mol. The molecule has 1 atom stereocenters. The van der Waals surface area contributed by atoms with E-state index in [0.717, 1.165) is 0 Å². The van der Waals surface area contributed by atoms with Crippen LogP contribution in [0, 0.1) is 10.1 Å². The first-order valence-electron chi connectivity index (χ1n) is 5.57. The molecule has 7 heteroatoms. The molecule has 1 rings (SSSR count). The molecule has 0 aliphatic heterocycles. The van der Waals surface area contributed by atoms with Crippen LogP contribution in [0.4, 0.5) is 5.69 Å². The molecule has 1 heterocycles. The zero-order chi connectivity index (χ0) is 13.9. The Morgan fingerprint density at radius 1 is 1.61 bits per heavy atom. The molecule has 1 aromatic heterocycles. The number of nitrogens with zero attached hydrogens (tertiary/aromatic N) is 3. The van der Waals surface area contributed by atoms with E-state index in [2.05, 4.69) is 11.7 Å². The van der Waals surface area contributed by atoms with Crippen molar-refractivity contribution in [1.82, 2.24) is 9.78 Å². The maximum Gasteiger partial charge on any atom is 0.332 e. The van der Waals surface area contributed by atoms with Crippen LogP contribution in [-0.2, 0) is 17.6 Å². The molecule has 1 N–H and O–H groups in total. The Morgan fingerprint density at radius 2 is 2.22 bits per heavy atom. The van der Waals surface area contributed by atoms with E-state index in [9.17, 15) is 14.9 Å². The number of carboxylic acids is 1. The van der Waals surface area contributed by atoms with Crippen molar-refractivity contribution in [2.45, 2.75) is 32.7 Å². The highest BCUT2D eigenvalue weighted by molar-refractivity contribution is 5.74. The van der Waals surface area contributed by atoms with Gasteiger partial charge in [-0.1, -0.05) is 19.9 Å². The molecule has 0 fully saturated rings. The van der Waals surface area contributed by atoms with Gasteiger partial charge in [-0.05, 0) is 12.8 Å². The predicted octanol–water partition coefficient (Wildman–Crippen LogP) is 1.73. The highest BCUT2D eigenvalue weighted by Crippen LogP contribution is 2.27. The van der Waals surface area contributed by atoms with Crippen molar-refractivity contribution in [1.29, 1.82) is 0 Å².